The van der Waals surface area contributed by atoms with Crippen molar-refractivity contribution in [2.75, 3.05) is 20.6 Å². The number of aryl methyl sites for hydroxylation is 1. The predicted molar refractivity (Wildman–Crippen MR) is 73.2 cm³/mol. The van der Waals surface area contributed by atoms with Gasteiger partial charge >= 0.3 is 0 Å². The maximum absolute atomic E-state index is 12.0. The number of nitrogens with one attached hydrogen (secondary N) is 1. The Labute approximate surface area is 111 Å². The van der Waals surface area contributed by atoms with E-state index in [2.05, 4.69) is 26.1 Å². The van der Waals surface area contributed by atoms with Crippen molar-refractivity contribution in [3.8, 4) is 0 Å². The van der Waals surface area contributed by atoms with Crippen molar-refractivity contribution in [3.05, 3.63) is 22.4 Å². The SMILES string of the molecule is CC(CCN(C)C)NC(=O)c1cc(Br)cn1C. The molecule has 0 aromatic carbocycles. The van der Waals surface area contributed by atoms with Crippen LogP contribution in [0.5, 0.6) is 0 Å². The first-order chi connectivity index (χ1) is 7.90. The molecule has 1 unspecified atom stereocenters. The number of nitrogens with zero attached hydrogens (tertiary/aromatic N) is 2. The van der Waals surface area contributed by atoms with Gasteiger partial charge in [-0.05, 0) is 56.0 Å². The molecule has 1 amide bonds. The van der Waals surface area contributed by atoms with E-state index in [9.17, 15) is 4.79 Å². The average Bonchev–Trinajstić information content (AvgIpc) is 2.55. The highest BCUT2D eigenvalue weighted by Gasteiger charge is 2.13. The zero-order chi connectivity index (χ0) is 13.0. The van der Waals surface area contributed by atoms with Crippen LogP contribution in [0.15, 0.2) is 16.7 Å². The van der Waals surface area contributed by atoms with Crippen LogP contribution in [-0.2, 0) is 7.05 Å². The van der Waals surface area contributed by atoms with Crippen LogP contribution < -0.4 is 5.32 Å². The second kappa shape index (κ2) is 6.21. The highest BCUT2D eigenvalue weighted by Crippen LogP contribution is 2.13. The maximum atomic E-state index is 12.0. The lowest BCUT2D eigenvalue weighted by Gasteiger charge is -2.16. The summed E-state index contributed by atoms with van der Waals surface area (Å²) >= 11 is 3.36. The van der Waals surface area contributed by atoms with Gasteiger partial charge in [-0.25, -0.2) is 0 Å². The van der Waals surface area contributed by atoms with Crippen LogP contribution in [0.2, 0.25) is 0 Å². The van der Waals surface area contributed by atoms with E-state index in [0.717, 1.165) is 17.4 Å². The molecule has 1 heterocycles. The number of rotatable bonds is 5. The van der Waals surface area contributed by atoms with Gasteiger partial charge in [0, 0.05) is 23.8 Å². The summed E-state index contributed by atoms with van der Waals surface area (Å²) in [5.74, 6) is -0.0237. The van der Waals surface area contributed by atoms with Crippen LogP contribution in [0.3, 0.4) is 0 Å². The van der Waals surface area contributed by atoms with Crippen molar-refractivity contribution in [1.82, 2.24) is 14.8 Å². The van der Waals surface area contributed by atoms with Crippen LogP contribution in [0.1, 0.15) is 23.8 Å². The number of carbonyl (C=O) groups is 1. The zero-order valence-corrected chi connectivity index (χ0v) is 12.4. The minimum absolute atomic E-state index is 0.0237. The summed E-state index contributed by atoms with van der Waals surface area (Å²) in [6.45, 7) is 3.00. The molecule has 1 aromatic heterocycles. The number of halogens is 1. The highest BCUT2D eigenvalue weighted by molar-refractivity contribution is 9.10. The van der Waals surface area contributed by atoms with Crippen LogP contribution in [0.25, 0.3) is 0 Å². The van der Waals surface area contributed by atoms with Gasteiger partial charge < -0.3 is 14.8 Å². The van der Waals surface area contributed by atoms with Crippen LogP contribution in [0, 0.1) is 0 Å². The first-order valence-corrected chi connectivity index (χ1v) is 6.47. The van der Waals surface area contributed by atoms with E-state index >= 15 is 0 Å². The van der Waals surface area contributed by atoms with Gasteiger partial charge in [0.1, 0.15) is 5.69 Å². The third kappa shape index (κ3) is 4.52. The molecule has 0 spiro atoms. The Morgan fingerprint density at radius 2 is 2.24 bits per heavy atom. The Balaban J connectivity index is 2.51. The molecule has 0 radical (unpaired) electrons. The summed E-state index contributed by atoms with van der Waals surface area (Å²) in [7, 11) is 5.93. The van der Waals surface area contributed by atoms with E-state index < -0.39 is 0 Å². The fourth-order valence-electron chi connectivity index (χ4n) is 1.57. The third-order valence-corrected chi connectivity index (χ3v) is 3.02. The van der Waals surface area contributed by atoms with Gasteiger partial charge in [0.2, 0.25) is 0 Å². The number of hydrogen-bond donors (Lipinski definition) is 1. The predicted octanol–water partition coefficient (Wildman–Crippen LogP) is 1.86. The van der Waals surface area contributed by atoms with E-state index in [4.69, 9.17) is 0 Å². The number of aromatic nitrogens is 1. The topological polar surface area (TPSA) is 37.3 Å². The van der Waals surface area contributed by atoms with Gasteiger partial charge in [0.25, 0.3) is 5.91 Å². The lowest BCUT2D eigenvalue weighted by Crippen LogP contribution is -2.35. The molecule has 17 heavy (non-hydrogen) atoms. The molecule has 0 aliphatic heterocycles. The van der Waals surface area contributed by atoms with Gasteiger partial charge in [-0.15, -0.1) is 0 Å². The Hall–Kier alpha value is -0.810. The molecule has 0 aliphatic rings. The second-order valence-electron chi connectivity index (χ2n) is 4.62. The molecule has 1 atom stereocenters. The second-order valence-corrected chi connectivity index (χ2v) is 5.54. The summed E-state index contributed by atoms with van der Waals surface area (Å²) in [6, 6.07) is 2.01. The smallest absolute Gasteiger partial charge is 0.268 e. The lowest BCUT2D eigenvalue weighted by atomic mass is 10.2. The molecule has 1 aromatic rings. The Morgan fingerprint density at radius 1 is 1.59 bits per heavy atom. The van der Waals surface area contributed by atoms with Crippen molar-refractivity contribution >= 4 is 21.8 Å². The lowest BCUT2D eigenvalue weighted by molar-refractivity contribution is 0.0928. The van der Waals surface area contributed by atoms with Gasteiger partial charge in [-0.3, -0.25) is 4.79 Å². The maximum Gasteiger partial charge on any atom is 0.268 e. The number of amides is 1. The summed E-state index contributed by atoms with van der Waals surface area (Å²) in [6.07, 6.45) is 2.82. The molecule has 0 saturated carbocycles. The van der Waals surface area contributed by atoms with Gasteiger partial charge in [-0.2, -0.15) is 0 Å². The molecule has 4 nitrogen and oxygen atoms in total. The van der Waals surface area contributed by atoms with Crippen LogP contribution in [0.4, 0.5) is 0 Å². The molecule has 5 heteroatoms. The third-order valence-electron chi connectivity index (χ3n) is 2.59. The molecule has 0 bridgehead atoms. The summed E-state index contributed by atoms with van der Waals surface area (Å²) in [5, 5.41) is 3.00. The van der Waals surface area contributed by atoms with E-state index in [-0.39, 0.29) is 11.9 Å². The van der Waals surface area contributed by atoms with E-state index in [1.165, 1.54) is 0 Å². The van der Waals surface area contributed by atoms with Crippen molar-refractivity contribution in [2.24, 2.45) is 7.05 Å². The first kappa shape index (κ1) is 14.3. The minimum atomic E-state index is -0.0237. The van der Waals surface area contributed by atoms with Crippen LogP contribution in [-0.4, -0.2) is 42.1 Å². The van der Waals surface area contributed by atoms with Gasteiger partial charge in [0.15, 0.2) is 0 Å². The molecular weight excluding hydrogens is 282 g/mol. The van der Waals surface area contributed by atoms with Crippen molar-refractivity contribution in [3.63, 3.8) is 0 Å². The standard InChI is InChI=1S/C12H20BrN3O/c1-9(5-6-15(2)3)14-12(17)11-7-10(13)8-16(11)4/h7-9H,5-6H2,1-4H3,(H,14,17). The molecule has 0 saturated heterocycles. The molecule has 0 aliphatic carbocycles. The van der Waals surface area contributed by atoms with Crippen molar-refractivity contribution in [2.45, 2.75) is 19.4 Å². The summed E-state index contributed by atoms with van der Waals surface area (Å²) in [4.78, 5) is 14.1. The monoisotopic (exact) mass is 301 g/mol. The quantitative estimate of drug-likeness (QED) is 0.901. The number of hydrogen-bond acceptors (Lipinski definition) is 2. The normalized spacial score (nSPS) is 12.8. The summed E-state index contributed by atoms with van der Waals surface area (Å²) in [5.41, 5.74) is 0.675. The van der Waals surface area contributed by atoms with Crippen molar-refractivity contribution in [1.29, 1.82) is 0 Å². The molecule has 1 N–H and O–H groups in total. The van der Waals surface area contributed by atoms with Crippen molar-refractivity contribution < 1.29 is 4.79 Å². The van der Waals surface area contributed by atoms with Gasteiger partial charge in [-0.1, -0.05) is 0 Å². The summed E-state index contributed by atoms with van der Waals surface area (Å²) < 4.78 is 2.74. The molecular formula is C12H20BrN3O. The largest absolute Gasteiger partial charge is 0.348 e. The zero-order valence-electron chi connectivity index (χ0n) is 10.8. The Morgan fingerprint density at radius 3 is 2.71 bits per heavy atom. The van der Waals surface area contributed by atoms with E-state index in [1.807, 2.05) is 44.9 Å². The average molecular weight is 302 g/mol. The highest BCUT2D eigenvalue weighted by atomic mass is 79.9. The first-order valence-electron chi connectivity index (χ1n) is 5.67. The number of carbonyl (C=O) groups excluding carboxylic acids is 1. The van der Waals surface area contributed by atoms with E-state index in [1.54, 1.807) is 0 Å². The molecule has 96 valence electrons. The fourth-order valence-corrected chi connectivity index (χ4v) is 2.10. The van der Waals surface area contributed by atoms with E-state index in [0.29, 0.717) is 5.69 Å². The van der Waals surface area contributed by atoms with Crippen LogP contribution >= 0.6 is 15.9 Å². The fraction of sp³-hybridized carbons (Fsp3) is 0.583. The molecule has 1 rings (SSSR count). The Bertz CT molecular complexity index is 387. The molecule has 0 fully saturated rings. The van der Waals surface area contributed by atoms with Gasteiger partial charge in [0.05, 0.1) is 0 Å². The Kier molecular flexibility index (Phi) is 5.21. The minimum Gasteiger partial charge on any atom is -0.348 e.